The molecule has 2 atom stereocenters. The molecule has 2 unspecified atom stereocenters. The van der Waals surface area contributed by atoms with Gasteiger partial charge in [-0.05, 0) is 31.9 Å². The molecule has 2 heterocycles. The van der Waals surface area contributed by atoms with Gasteiger partial charge in [-0.1, -0.05) is 0 Å². The van der Waals surface area contributed by atoms with Crippen LogP contribution in [-0.4, -0.2) is 47.8 Å². The van der Waals surface area contributed by atoms with Crippen LogP contribution in [0.5, 0.6) is 0 Å². The minimum absolute atomic E-state index is 0.0481. The lowest BCUT2D eigenvalue weighted by Crippen LogP contribution is -2.53. The molecule has 5 heteroatoms. The number of rotatable bonds is 4. The van der Waals surface area contributed by atoms with Crippen molar-refractivity contribution in [1.29, 1.82) is 0 Å². The standard InChI is InChI=1S/C14H24N4O/c1-10(2)18-5-6-19-14(9-18)13(16)7-11-8-17-4-3-12(11)15/h3-4,8,10,13-14H,5-7,9,16H2,1-2H3,(H2,15,17). The second-order valence-corrected chi connectivity index (χ2v) is 5.44. The van der Waals surface area contributed by atoms with Crippen molar-refractivity contribution in [2.45, 2.75) is 38.5 Å². The molecule has 0 spiro atoms. The molecule has 0 bridgehead atoms. The van der Waals surface area contributed by atoms with E-state index >= 15 is 0 Å². The maximum Gasteiger partial charge on any atom is 0.0856 e. The first-order valence-electron chi connectivity index (χ1n) is 6.87. The van der Waals surface area contributed by atoms with E-state index in [1.165, 1.54) is 0 Å². The SMILES string of the molecule is CC(C)N1CCOC(C(N)Cc2cnccc2N)C1. The minimum atomic E-state index is -0.0481. The summed E-state index contributed by atoms with van der Waals surface area (Å²) in [5, 5.41) is 0. The predicted octanol–water partition coefficient (Wildman–Crippen LogP) is 0.643. The lowest BCUT2D eigenvalue weighted by Gasteiger charge is -2.38. The lowest BCUT2D eigenvalue weighted by molar-refractivity contribution is -0.0495. The summed E-state index contributed by atoms with van der Waals surface area (Å²) in [5.41, 5.74) is 14.0. The normalized spacial score (nSPS) is 22.6. The average Bonchev–Trinajstić information content (AvgIpc) is 2.41. The van der Waals surface area contributed by atoms with E-state index in [1.54, 1.807) is 12.4 Å². The second kappa shape index (κ2) is 6.32. The Kier molecular flexibility index (Phi) is 4.74. The first-order chi connectivity index (χ1) is 9.08. The number of anilines is 1. The molecule has 0 amide bonds. The number of nitrogen functional groups attached to an aromatic ring is 1. The highest BCUT2D eigenvalue weighted by Gasteiger charge is 2.27. The summed E-state index contributed by atoms with van der Waals surface area (Å²) < 4.78 is 5.80. The summed E-state index contributed by atoms with van der Waals surface area (Å²) in [6.07, 6.45) is 4.26. The first kappa shape index (κ1) is 14.2. The molecule has 1 aromatic rings. The van der Waals surface area contributed by atoms with Crippen LogP contribution >= 0.6 is 0 Å². The largest absolute Gasteiger partial charge is 0.398 e. The molecule has 0 aromatic carbocycles. The highest BCUT2D eigenvalue weighted by molar-refractivity contribution is 5.44. The quantitative estimate of drug-likeness (QED) is 0.834. The summed E-state index contributed by atoms with van der Waals surface area (Å²) in [7, 11) is 0. The third-order valence-corrected chi connectivity index (χ3v) is 3.73. The number of morpholine rings is 1. The average molecular weight is 264 g/mol. The third-order valence-electron chi connectivity index (χ3n) is 3.73. The third kappa shape index (κ3) is 3.65. The van der Waals surface area contributed by atoms with Crippen molar-refractivity contribution in [2.24, 2.45) is 5.73 Å². The zero-order valence-corrected chi connectivity index (χ0v) is 11.7. The van der Waals surface area contributed by atoms with Crippen LogP contribution in [0.1, 0.15) is 19.4 Å². The van der Waals surface area contributed by atoms with Crippen molar-refractivity contribution < 1.29 is 4.74 Å². The molecule has 4 N–H and O–H groups in total. The Balaban J connectivity index is 1.96. The maximum atomic E-state index is 6.28. The molecule has 5 nitrogen and oxygen atoms in total. The van der Waals surface area contributed by atoms with E-state index in [0.29, 0.717) is 12.5 Å². The molecule has 106 valence electrons. The fourth-order valence-corrected chi connectivity index (χ4v) is 2.42. The maximum absolute atomic E-state index is 6.28. The molecule has 19 heavy (non-hydrogen) atoms. The van der Waals surface area contributed by atoms with Gasteiger partial charge in [0.1, 0.15) is 0 Å². The van der Waals surface area contributed by atoms with Gasteiger partial charge >= 0.3 is 0 Å². The first-order valence-corrected chi connectivity index (χ1v) is 6.87. The van der Waals surface area contributed by atoms with Gasteiger partial charge in [0.2, 0.25) is 0 Å². The molecule has 0 radical (unpaired) electrons. The Labute approximate surface area is 114 Å². The van der Waals surface area contributed by atoms with Crippen molar-refractivity contribution >= 4 is 5.69 Å². The van der Waals surface area contributed by atoms with Gasteiger partial charge in [-0.25, -0.2) is 0 Å². The number of aromatic nitrogens is 1. The molecule has 2 rings (SSSR count). The van der Waals surface area contributed by atoms with Crippen LogP contribution in [0.2, 0.25) is 0 Å². The molecule has 0 aliphatic carbocycles. The van der Waals surface area contributed by atoms with E-state index < -0.39 is 0 Å². The topological polar surface area (TPSA) is 77.4 Å². The Hall–Kier alpha value is -1.17. The van der Waals surface area contributed by atoms with Crippen LogP contribution in [0, 0.1) is 0 Å². The molecular weight excluding hydrogens is 240 g/mol. The van der Waals surface area contributed by atoms with E-state index in [-0.39, 0.29) is 12.1 Å². The van der Waals surface area contributed by atoms with Gasteiger partial charge in [-0.3, -0.25) is 9.88 Å². The lowest BCUT2D eigenvalue weighted by atomic mass is 10.0. The van der Waals surface area contributed by atoms with Gasteiger partial charge < -0.3 is 16.2 Å². The van der Waals surface area contributed by atoms with E-state index in [0.717, 1.165) is 30.9 Å². The van der Waals surface area contributed by atoms with Crippen LogP contribution in [0.4, 0.5) is 5.69 Å². The van der Waals surface area contributed by atoms with Crippen molar-refractivity contribution in [3.05, 3.63) is 24.0 Å². The highest BCUT2D eigenvalue weighted by atomic mass is 16.5. The number of nitrogens with two attached hydrogens (primary N) is 2. The Morgan fingerprint density at radius 1 is 1.53 bits per heavy atom. The van der Waals surface area contributed by atoms with Gasteiger partial charge in [0.15, 0.2) is 0 Å². The summed E-state index contributed by atoms with van der Waals surface area (Å²) in [5.74, 6) is 0. The van der Waals surface area contributed by atoms with Crippen molar-refractivity contribution in [3.63, 3.8) is 0 Å². The monoisotopic (exact) mass is 264 g/mol. The van der Waals surface area contributed by atoms with E-state index in [4.69, 9.17) is 16.2 Å². The minimum Gasteiger partial charge on any atom is -0.398 e. The molecule has 1 fully saturated rings. The Morgan fingerprint density at radius 3 is 3.00 bits per heavy atom. The molecule has 1 aliphatic rings. The number of nitrogens with zero attached hydrogens (tertiary/aromatic N) is 2. The van der Waals surface area contributed by atoms with Crippen LogP contribution in [0.25, 0.3) is 0 Å². The molecule has 1 saturated heterocycles. The smallest absolute Gasteiger partial charge is 0.0856 e. The summed E-state index contributed by atoms with van der Waals surface area (Å²) in [6.45, 7) is 7.02. The van der Waals surface area contributed by atoms with Crippen molar-refractivity contribution in [2.75, 3.05) is 25.4 Å². The van der Waals surface area contributed by atoms with E-state index in [1.807, 2.05) is 6.07 Å². The van der Waals surface area contributed by atoms with Crippen molar-refractivity contribution in [1.82, 2.24) is 9.88 Å². The van der Waals surface area contributed by atoms with E-state index in [9.17, 15) is 0 Å². The second-order valence-electron chi connectivity index (χ2n) is 5.44. The zero-order chi connectivity index (χ0) is 13.8. The van der Waals surface area contributed by atoms with Crippen LogP contribution in [0.3, 0.4) is 0 Å². The van der Waals surface area contributed by atoms with Gasteiger partial charge in [0.25, 0.3) is 0 Å². The van der Waals surface area contributed by atoms with E-state index in [2.05, 4.69) is 23.7 Å². The van der Waals surface area contributed by atoms with Gasteiger partial charge in [-0.2, -0.15) is 0 Å². The van der Waals surface area contributed by atoms with Gasteiger partial charge in [-0.15, -0.1) is 0 Å². The zero-order valence-electron chi connectivity index (χ0n) is 11.7. The van der Waals surface area contributed by atoms with Gasteiger partial charge in [0.05, 0.1) is 12.7 Å². The molecule has 0 saturated carbocycles. The Bertz CT molecular complexity index is 410. The fourth-order valence-electron chi connectivity index (χ4n) is 2.42. The summed E-state index contributed by atoms with van der Waals surface area (Å²) >= 11 is 0. The van der Waals surface area contributed by atoms with Crippen molar-refractivity contribution in [3.8, 4) is 0 Å². The Morgan fingerprint density at radius 2 is 2.32 bits per heavy atom. The predicted molar refractivity (Wildman–Crippen MR) is 76.8 cm³/mol. The summed E-state index contributed by atoms with van der Waals surface area (Å²) in [6, 6.07) is 2.29. The molecule has 1 aliphatic heterocycles. The summed E-state index contributed by atoms with van der Waals surface area (Å²) in [4.78, 5) is 6.50. The molecule has 1 aromatic heterocycles. The number of pyridine rings is 1. The van der Waals surface area contributed by atoms with Gasteiger partial charge in [0, 0.05) is 43.3 Å². The van der Waals surface area contributed by atoms with Crippen LogP contribution in [-0.2, 0) is 11.2 Å². The number of hydrogen-bond donors (Lipinski definition) is 2. The highest BCUT2D eigenvalue weighted by Crippen LogP contribution is 2.16. The number of ether oxygens (including phenoxy) is 1. The van der Waals surface area contributed by atoms with Crippen LogP contribution < -0.4 is 11.5 Å². The number of hydrogen-bond acceptors (Lipinski definition) is 5. The van der Waals surface area contributed by atoms with Crippen LogP contribution in [0.15, 0.2) is 18.5 Å². The molecular formula is C14H24N4O. The fraction of sp³-hybridized carbons (Fsp3) is 0.643.